The largest absolute Gasteiger partial charge is 0.369 e. The van der Waals surface area contributed by atoms with Gasteiger partial charge < -0.3 is 11.1 Å². The molecule has 5 fully saturated rings. The van der Waals surface area contributed by atoms with Gasteiger partial charge in [0, 0.05) is 18.0 Å². The Bertz CT molecular complexity index is 592. The van der Waals surface area contributed by atoms with Crippen LogP contribution in [0.25, 0.3) is 0 Å². The first-order chi connectivity index (χ1) is 12.2. The first-order valence-electron chi connectivity index (χ1n) is 10.2. The first-order valence-corrected chi connectivity index (χ1v) is 10.2. The third kappa shape index (κ3) is 2.85. The number of carbonyl (C=O) groups excluding carboxylic acids is 2. The minimum absolute atomic E-state index is 0.00259. The van der Waals surface area contributed by atoms with Crippen molar-refractivity contribution in [3.8, 4) is 0 Å². The molecule has 4 bridgehead atoms. The Balaban J connectivity index is 1.46. The fourth-order valence-electron chi connectivity index (χ4n) is 6.47. The van der Waals surface area contributed by atoms with Gasteiger partial charge in [-0.3, -0.25) is 14.5 Å². The van der Waals surface area contributed by atoms with E-state index < -0.39 is 11.7 Å². The molecular formula is C20H32FN3O2. The summed E-state index contributed by atoms with van der Waals surface area (Å²) in [6, 6.07) is 0.136. The van der Waals surface area contributed by atoms with Crippen LogP contribution in [0.5, 0.6) is 0 Å². The van der Waals surface area contributed by atoms with Gasteiger partial charge in [-0.25, -0.2) is 4.39 Å². The van der Waals surface area contributed by atoms with Crippen molar-refractivity contribution in [1.82, 2.24) is 10.2 Å². The molecule has 2 unspecified atom stereocenters. The van der Waals surface area contributed by atoms with Crippen molar-refractivity contribution in [2.24, 2.45) is 28.9 Å². The number of primary amides is 1. The number of nitrogens with two attached hydrogens (primary N) is 1. The van der Waals surface area contributed by atoms with Crippen molar-refractivity contribution in [2.45, 2.75) is 76.5 Å². The molecule has 2 amide bonds. The van der Waals surface area contributed by atoms with Crippen LogP contribution in [0.1, 0.15) is 58.8 Å². The van der Waals surface area contributed by atoms with Crippen LogP contribution in [0.4, 0.5) is 4.39 Å². The Morgan fingerprint density at radius 1 is 1.19 bits per heavy atom. The zero-order chi connectivity index (χ0) is 18.7. The zero-order valence-corrected chi connectivity index (χ0v) is 16.0. The SMILES string of the molecule is CC(C)(C(=O)NC1C2CC3CC1CC(C(N)=O)(C3)C2)N1CCC[C@H](F)C1. The normalized spacial score (nSPS) is 42.7. The number of piperidine rings is 1. The van der Waals surface area contributed by atoms with E-state index in [0.29, 0.717) is 30.7 Å². The molecule has 4 saturated carbocycles. The second-order valence-electron chi connectivity index (χ2n) is 9.86. The molecule has 0 radical (unpaired) electrons. The van der Waals surface area contributed by atoms with Crippen molar-refractivity contribution in [2.75, 3.05) is 13.1 Å². The number of nitrogens with one attached hydrogen (secondary N) is 1. The molecule has 0 spiro atoms. The van der Waals surface area contributed by atoms with Crippen LogP contribution in [0.3, 0.4) is 0 Å². The average molecular weight is 365 g/mol. The molecule has 5 aliphatic rings. The van der Waals surface area contributed by atoms with E-state index in [1.165, 1.54) is 0 Å². The highest BCUT2D eigenvalue weighted by Gasteiger charge is 2.58. The number of likely N-dealkylation sites (tertiary alicyclic amines) is 1. The van der Waals surface area contributed by atoms with E-state index in [0.717, 1.165) is 45.1 Å². The molecule has 0 aromatic carbocycles. The van der Waals surface area contributed by atoms with Crippen LogP contribution in [-0.4, -0.2) is 47.6 Å². The summed E-state index contributed by atoms with van der Waals surface area (Å²) in [5.74, 6) is 1.13. The third-order valence-corrected chi connectivity index (χ3v) is 7.80. The molecule has 3 N–H and O–H groups in total. The molecule has 1 saturated heterocycles. The van der Waals surface area contributed by atoms with Gasteiger partial charge >= 0.3 is 0 Å². The molecule has 0 aromatic rings. The average Bonchev–Trinajstić information content (AvgIpc) is 2.57. The Morgan fingerprint density at radius 2 is 1.85 bits per heavy atom. The second-order valence-corrected chi connectivity index (χ2v) is 9.86. The second kappa shape index (κ2) is 6.18. The minimum atomic E-state index is -0.840. The number of hydrogen-bond donors (Lipinski definition) is 2. The Morgan fingerprint density at radius 3 is 2.42 bits per heavy atom. The van der Waals surface area contributed by atoms with E-state index >= 15 is 0 Å². The van der Waals surface area contributed by atoms with Gasteiger partial charge in [0.25, 0.3) is 0 Å². The Labute approximate surface area is 155 Å². The van der Waals surface area contributed by atoms with Gasteiger partial charge in [0.05, 0.1) is 5.54 Å². The van der Waals surface area contributed by atoms with Crippen LogP contribution < -0.4 is 11.1 Å². The Kier molecular flexibility index (Phi) is 4.33. The van der Waals surface area contributed by atoms with Gasteiger partial charge in [0.2, 0.25) is 11.8 Å². The van der Waals surface area contributed by atoms with Crippen molar-refractivity contribution in [3.05, 3.63) is 0 Å². The summed E-state index contributed by atoms with van der Waals surface area (Å²) in [4.78, 5) is 27.2. The van der Waals surface area contributed by atoms with Crippen LogP contribution in [0, 0.1) is 23.2 Å². The van der Waals surface area contributed by atoms with Crippen molar-refractivity contribution < 1.29 is 14.0 Å². The van der Waals surface area contributed by atoms with E-state index in [4.69, 9.17) is 5.73 Å². The summed E-state index contributed by atoms with van der Waals surface area (Å²) >= 11 is 0. The molecule has 1 heterocycles. The zero-order valence-electron chi connectivity index (χ0n) is 16.0. The lowest BCUT2D eigenvalue weighted by Gasteiger charge is -2.59. The molecule has 146 valence electrons. The van der Waals surface area contributed by atoms with Crippen molar-refractivity contribution >= 4 is 11.8 Å². The molecule has 0 aromatic heterocycles. The molecule has 3 atom stereocenters. The van der Waals surface area contributed by atoms with Gasteiger partial charge in [-0.2, -0.15) is 0 Å². The first kappa shape index (κ1) is 18.2. The molecule has 26 heavy (non-hydrogen) atoms. The maximum atomic E-state index is 13.8. The van der Waals surface area contributed by atoms with Crippen molar-refractivity contribution in [3.63, 3.8) is 0 Å². The van der Waals surface area contributed by atoms with Crippen LogP contribution >= 0.6 is 0 Å². The number of alkyl halides is 1. The standard InChI is InChI=1S/C20H32FN3O2/c1-19(2,24-5-3-4-15(21)11-24)18(26)23-16-13-6-12-7-14(16)10-20(8-12,9-13)17(22)25/h12-16H,3-11H2,1-2H3,(H2,22,25)(H,23,26)/t12?,13?,14?,15-,16?,20?/m0/s1. The molecule has 1 aliphatic heterocycles. The lowest BCUT2D eigenvalue weighted by molar-refractivity contribution is -0.149. The number of nitrogens with zero attached hydrogens (tertiary/aromatic N) is 1. The Hall–Kier alpha value is -1.17. The molecule has 4 aliphatic carbocycles. The van der Waals surface area contributed by atoms with E-state index in [2.05, 4.69) is 5.32 Å². The van der Waals surface area contributed by atoms with E-state index in [-0.39, 0.29) is 23.3 Å². The smallest absolute Gasteiger partial charge is 0.240 e. The lowest BCUT2D eigenvalue weighted by atomic mass is 9.47. The van der Waals surface area contributed by atoms with Gasteiger partial charge in [0.1, 0.15) is 6.17 Å². The summed E-state index contributed by atoms with van der Waals surface area (Å²) in [6.45, 7) is 4.92. The van der Waals surface area contributed by atoms with Crippen molar-refractivity contribution in [1.29, 1.82) is 0 Å². The van der Waals surface area contributed by atoms with Gasteiger partial charge in [-0.1, -0.05) is 0 Å². The number of amides is 2. The summed E-state index contributed by atoms with van der Waals surface area (Å²) < 4.78 is 13.8. The number of rotatable bonds is 4. The summed E-state index contributed by atoms with van der Waals surface area (Å²) in [7, 11) is 0. The molecule has 5 rings (SSSR count). The highest BCUT2D eigenvalue weighted by Crippen LogP contribution is 2.59. The molecular weight excluding hydrogens is 333 g/mol. The van der Waals surface area contributed by atoms with E-state index in [1.54, 1.807) is 0 Å². The highest BCUT2D eigenvalue weighted by molar-refractivity contribution is 5.86. The van der Waals surface area contributed by atoms with E-state index in [9.17, 15) is 14.0 Å². The van der Waals surface area contributed by atoms with Crippen LogP contribution in [0.2, 0.25) is 0 Å². The third-order valence-electron chi connectivity index (χ3n) is 7.80. The highest BCUT2D eigenvalue weighted by atomic mass is 19.1. The maximum Gasteiger partial charge on any atom is 0.240 e. The summed E-state index contributed by atoms with van der Waals surface area (Å²) in [6.07, 6.45) is 5.31. The fraction of sp³-hybridized carbons (Fsp3) is 0.900. The van der Waals surface area contributed by atoms with E-state index in [1.807, 2.05) is 18.7 Å². The molecule has 5 nitrogen and oxygen atoms in total. The van der Waals surface area contributed by atoms with Crippen LogP contribution in [0.15, 0.2) is 0 Å². The maximum absolute atomic E-state index is 13.8. The quantitative estimate of drug-likeness (QED) is 0.800. The topological polar surface area (TPSA) is 75.4 Å². The number of hydrogen-bond acceptors (Lipinski definition) is 3. The number of carbonyl (C=O) groups is 2. The monoisotopic (exact) mass is 365 g/mol. The minimum Gasteiger partial charge on any atom is -0.369 e. The molecule has 6 heteroatoms. The predicted molar refractivity (Wildman–Crippen MR) is 96.9 cm³/mol. The van der Waals surface area contributed by atoms with Gasteiger partial charge in [-0.15, -0.1) is 0 Å². The summed E-state index contributed by atoms with van der Waals surface area (Å²) in [5.41, 5.74) is 4.71. The fourth-order valence-corrected chi connectivity index (χ4v) is 6.47. The van der Waals surface area contributed by atoms with Crippen LogP contribution in [-0.2, 0) is 9.59 Å². The number of halogens is 1. The predicted octanol–water partition coefficient (Wildman–Crippen LogP) is 2.00. The lowest BCUT2D eigenvalue weighted by Crippen LogP contribution is -2.65. The van der Waals surface area contributed by atoms with Gasteiger partial charge in [-0.05, 0) is 83.1 Å². The van der Waals surface area contributed by atoms with Gasteiger partial charge in [0.15, 0.2) is 0 Å². The summed E-state index contributed by atoms with van der Waals surface area (Å²) in [5, 5.41) is 3.32.